The fourth-order valence-corrected chi connectivity index (χ4v) is 5.53. The SMILES string of the molecule is CS(=O)(=O)N1CC(C(=O)Nc2ccc(S(=O)(=O)Nc3cccc(C(F)(F)F)c3)cc2)Oc2ccccc21. The summed E-state index contributed by atoms with van der Waals surface area (Å²) in [5.41, 5.74) is -0.779. The Morgan fingerprint density at radius 2 is 1.62 bits per heavy atom. The third-order valence-electron chi connectivity index (χ3n) is 5.30. The van der Waals surface area contributed by atoms with Gasteiger partial charge in [0, 0.05) is 11.4 Å². The highest BCUT2D eigenvalue weighted by Gasteiger charge is 2.35. The van der Waals surface area contributed by atoms with E-state index in [1.54, 1.807) is 18.2 Å². The fourth-order valence-electron chi connectivity index (χ4n) is 3.57. The molecule has 0 saturated heterocycles. The van der Waals surface area contributed by atoms with Gasteiger partial charge in [0.1, 0.15) is 5.75 Å². The van der Waals surface area contributed by atoms with Crippen molar-refractivity contribution < 1.29 is 39.5 Å². The number of amides is 1. The van der Waals surface area contributed by atoms with Crippen LogP contribution in [-0.2, 0) is 31.0 Å². The number of rotatable bonds is 6. The molecular weight excluding hydrogens is 535 g/mol. The quantitative estimate of drug-likeness (QED) is 0.479. The van der Waals surface area contributed by atoms with Crippen molar-refractivity contribution in [3.05, 3.63) is 78.4 Å². The number of fused-ring (bicyclic) bond motifs is 1. The lowest BCUT2D eigenvalue weighted by molar-refractivity contribution is -0.137. The lowest BCUT2D eigenvalue weighted by Gasteiger charge is -2.33. The average molecular weight is 556 g/mol. The molecule has 2 N–H and O–H groups in total. The van der Waals surface area contributed by atoms with Crippen LogP contribution >= 0.6 is 0 Å². The number of alkyl halides is 3. The molecule has 37 heavy (non-hydrogen) atoms. The van der Waals surface area contributed by atoms with Gasteiger partial charge < -0.3 is 10.1 Å². The molecule has 196 valence electrons. The molecule has 1 amide bonds. The molecule has 14 heteroatoms. The number of para-hydroxylation sites is 2. The third-order valence-corrected chi connectivity index (χ3v) is 7.85. The van der Waals surface area contributed by atoms with Gasteiger partial charge in [-0.2, -0.15) is 13.2 Å². The van der Waals surface area contributed by atoms with Crippen LogP contribution in [0.2, 0.25) is 0 Å². The van der Waals surface area contributed by atoms with Crippen LogP contribution in [0.4, 0.5) is 30.2 Å². The van der Waals surface area contributed by atoms with E-state index >= 15 is 0 Å². The minimum absolute atomic E-state index is 0.191. The molecule has 4 rings (SSSR count). The first kappa shape index (κ1) is 26.3. The van der Waals surface area contributed by atoms with Crippen molar-refractivity contribution in [2.24, 2.45) is 0 Å². The molecule has 0 saturated carbocycles. The lowest BCUT2D eigenvalue weighted by atomic mass is 10.2. The van der Waals surface area contributed by atoms with E-state index in [-0.39, 0.29) is 28.6 Å². The van der Waals surface area contributed by atoms with E-state index in [2.05, 4.69) is 10.0 Å². The van der Waals surface area contributed by atoms with Crippen molar-refractivity contribution in [3.63, 3.8) is 0 Å². The van der Waals surface area contributed by atoms with Crippen molar-refractivity contribution >= 4 is 43.0 Å². The van der Waals surface area contributed by atoms with Crippen LogP contribution in [0.3, 0.4) is 0 Å². The fraction of sp³-hybridized carbons (Fsp3) is 0.174. The largest absolute Gasteiger partial charge is 0.476 e. The molecule has 1 aliphatic rings. The molecule has 9 nitrogen and oxygen atoms in total. The second-order valence-electron chi connectivity index (χ2n) is 8.07. The van der Waals surface area contributed by atoms with Crippen molar-refractivity contribution in [1.82, 2.24) is 0 Å². The first-order chi connectivity index (χ1) is 17.2. The van der Waals surface area contributed by atoms with E-state index < -0.39 is 43.8 Å². The number of halogens is 3. The highest BCUT2D eigenvalue weighted by atomic mass is 32.2. The van der Waals surface area contributed by atoms with Crippen molar-refractivity contribution in [2.45, 2.75) is 17.2 Å². The van der Waals surface area contributed by atoms with Gasteiger partial charge in [0.15, 0.2) is 6.10 Å². The van der Waals surface area contributed by atoms with Crippen LogP contribution in [0.25, 0.3) is 0 Å². The monoisotopic (exact) mass is 555 g/mol. The second-order valence-corrected chi connectivity index (χ2v) is 11.7. The minimum atomic E-state index is -4.64. The molecule has 3 aromatic rings. The maximum absolute atomic E-state index is 12.9. The molecule has 0 bridgehead atoms. The van der Waals surface area contributed by atoms with Gasteiger partial charge in [-0.25, -0.2) is 16.8 Å². The zero-order chi connectivity index (χ0) is 27.0. The Kier molecular flexibility index (Phi) is 6.81. The molecule has 1 atom stereocenters. The molecule has 3 aromatic carbocycles. The van der Waals surface area contributed by atoms with Crippen LogP contribution < -0.4 is 19.1 Å². The number of benzene rings is 3. The lowest BCUT2D eigenvalue weighted by Crippen LogP contribution is -2.48. The van der Waals surface area contributed by atoms with Crippen LogP contribution in [0, 0.1) is 0 Å². The van der Waals surface area contributed by atoms with Gasteiger partial charge >= 0.3 is 6.18 Å². The molecule has 0 fully saturated rings. The Labute approximate surface area is 211 Å². The van der Waals surface area contributed by atoms with Crippen molar-refractivity contribution in [1.29, 1.82) is 0 Å². The summed E-state index contributed by atoms with van der Waals surface area (Å²) in [4.78, 5) is 12.6. The van der Waals surface area contributed by atoms with Gasteiger partial charge in [0.05, 0.1) is 28.9 Å². The van der Waals surface area contributed by atoms with Gasteiger partial charge in [0.2, 0.25) is 10.0 Å². The summed E-state index contributed by atoms with van der Waals surface area (Å²) in [6.45, 7) is -0.269. The number of hydrogen-bond donors (Lipinski definition) is 2. The maximum atomic E-state index is 12.9. The van der Waals surface area contributed by atoms with E-state index in [1.807, 2.05) is 0 Å². The topological polar surface area (TPSA) is 122 Å². The molecule has 0 aliphatic carbocycles. The number of sulfonamides is 2. The summed E-state index contributed by atoms with van der Waals surface area (Å²) in [5, 5.41) is 2.54. The van der Waals surface area contributed by atoms with Gasteiger partial charge in [-0.3, -0.25) is 13.8 Å². The number of anilines is 3. The normalized spacial score (nSPS) is 15.9. The number of nitrogens with zero attached hydrogens (tertiary/aromatic N) is 1. The van der Waals surface area contributed by atoms with Crippen LogP contribution in [-0.4, -0.2) is 41.6 Å². The summed E-state index contributed by atoms with van der Waals surface area (Å²) in [6.07, 6.45) is -4.81. The van der Waals surface area contributed by atoms with Crippen molar-refractivity contribution in [2.75, 3.05) is 27.1 Å². The van der Waals surface area contributed by atoms with Crippen LogP contribution in [0.5, 0.6) is 5.75 Å². The summed E-state index contributed by atoms with van der Waals surface area (Å²) in [5.74, 6) is -0.456. The molecule has 1 aliphatic heterocycles. The zero-order valence-electron chi connectivity index (χ0n) is 19.1. The third kappa shape index (κ3) is 5.97. The Morgan fingerprint density at radius 3 is 2.27 bits per heavy atom. The minimum Gasteiger partial charge on any atom is -0.476 e. The van der Waals surface area contributed by atoms with E-state index in [0.29, 0.717) is 11.8 Å². The number of hydrogen-bond acceptors (Lipinski definition) is 6. The molecule has 0 radical (unpaired) electrons. The smallest absolute Gasteiger partial charge is 0.416 e. The second kappa shape index (κ2) is 9.59. The predicted molar refractivity (Wildman–Crippen MR) is 130 cm³/mol. The number of nitrogens with one attached hydrogen (secondary N) is 2. The van der Waals surface area contributed by atoms with E-state index in [1.165, 1.54) is 24.3 Å². The molecule has 0 aromatic heterocycles. The van der Waals surface area contributed by atoms with Gasteiger partial charge in [-0.05, 0) is 54.6 Å². The van der Waals surface area contributed by atoms with Gasteiger partial charge in [0.25, 0.3) is 15.9 Å². The van der Waals surface area contributed by atoms with Crippen LogP contribution in [0.1, 0.15) is 5.56 Å². The molecule has 1 heterocycles. The van der Waals surface area contributed by atoms with Gasteiger partial charge in [-0.15, -0.1) is 0 Å². The first-order valence-corrected chi connectivity index (χ1v) is 13.9. The average Bonchev–Trinajstić information content (AvgIpc) is 2.82. The summed E-state index contributed by atoms with van der Waals surface area (Å²) in [7, 11) is -7.93. The molecule has 1 unspecified atom stereocenters. The number of carbonyl (C=O) groups excluding carboxylic acids is 1. The summed E-state index contributed by atoms with van der Waals surface area (Å²) in [6, 6.07) is 15.0. The Bertz CT molecular complexity index is 1540. The van der Waals surface area contributed by atoms with E-state index in [4.69, 9.17) is 4.74 Å². The van der Waals surface area contributed by atoms with Crippen LogP contribution in [0.15, 0.2) is 77.7 Å². The maximum Gasteiger partial charge on any atom is 0.416 e. The Morgan fingerprint density at radius 1 is 0.946 bits per heavy atom. The number of ether oxygens (including phenoxy) is 1. The highest BCUT2D eigenvalue weighted by Crippen LogP contribution is 2.35. The summed E-state index contributed by atoms with van der Waals surface area (Å²) >= 11 is 0. The number of carbonyl (C=O) groups is 1. The van der Waals surface area contributed by atoms with Crippen molar-refractivity contribution in [3.8, 4) is 5.75 Å². The Balaban J connectivity index is 1.47. The summed E-state index contributed by atoms with van der Waals surface area (Å²) < 4.78 is 97.2. The Hall–Kier alpha value is -3.78. The van der Waals surface area contributed by atoms with E-state index in [0.717, 1.165) is 34.8 Å². The molecule has 0 spiro atoms. The first-order valence-electron chi connectivity index (χ1n) is 10.6. The zero-order valence-corrected chi connectivity index (χ0v) is 20.7. The van der Waals surface area contributed by atoms with Gasteiger partial charge in [-0.1, -0.05) is 18.2 Å². The standard InChI is InChI=1S/C23H20F3N3O6S2/c1-36(31,32)29-14-21(35-20-8-3-2-7-19(20)29)22(30)27-16-9-11-18(12-10-16)37(33,34)28-17-6-4-5-15(13-17)23(24,25)26/h2-13,21,28H,14H2,1H3,(H,27,30). The molecular formula is C23H20F3N3O6S2. The highest BCUT2D eigenvalue weighted by molar-refractivity contribution is 7.92. The predicted octanol–water partition coefficient (Wildman–Crippen LogP) is 3.67. The van der Waals surface area contributed by atoms with E-state index in [9.17, 15) is 34.8 Å².